The fourth-order valence-electron chi connectivity index (χ4n) is 2.69. The number of nitrogens with one attached hydrogen (secondary N) is 2. The molecule has 0 aromatic heterocycles. The summed E-state index contributed by atoms with van der Waals surface area (Å²) in [5.41, 5.74) is -0.451. The van der Waals surface area contributed by atoms with Crippen LogP contribution in [0.25, 0.3) is 0 Å². The Balaban J connectivity index is 2.16. The van der Waals surface area contributed by atoms with E-state index < -0.39 is 23.4 Å². The van der Waals surface area contributed by atoms with Gasteiger partial charge >= 0.3 is 6.03 Å². The van der Waals surface area contributed by atoms with Crippen LogP contribution in [-0.2, 0) is 19.9 Å². The van der Waals surface area contributed by atoms with E-state index in [1.165, 1.54) is 7.11 Å². The van der Waals surface area contributed by atoms with E-state index in [4.69, 9.17) is 10.00 Å². The molecule has 2 atom stereocenters. The normalized spacial score (nSPS) is 20.8. The van der Waals surface area contributed by atoms with Gasteiger partial charge in [0, 0.05) is 13.2 Å². The molecule has 0 bridgehead atoms. The number of rotatable bonds is 6. The lowest BCUT2D eigenvalue weighted by Gasteiger charge is -2.22. The second kappa shape index (κ2) is 7.32. The number of ether oxygens (including phenoxy) is 1. The molecular formula is C17H20N4O4. The van der Waals surface area contributed by atoms with E-state index in [2.05, 4.69) is 10.6 Å². The van der Waals surface area contributed by atoms with E-state index >= 15 is 0 Å². The smallest absolute Gasteiger partial charge is 0.325 e. The van der Waals surface area contributed by atoms with Crippen LogP contribution in [0, 0.1) is 11.3 Å². The highest BCUT2D eigenvalue weighted by Crippen LogP contribution is 2.29. The minimum absolute atomic E-state index is 0.239. The van der Waals surface area contributed by atoms with Crippen molar-refractivity contribution < 1.29 is 19.1 Å². The number of nitriles is 1. The molecule has 25 heavy (non-hydrogen) atoms. The second-order valence-corrected chi connectivity index (χ2v) is 6.06. The predicted molar refractivity (Wildman–Crippen MR) is 88.2 cm³/mol. The highest BCUT2D eigenvalue weighted by Gasteiger charge is 2.49. The van der Waals surface area contributed by atoms with Crippen LogP contribution in [0.2, 0.25) is 0 Å². The number of hydrogen-bond acceptors (Lipinski definition) is 5. The summed E-state index contributed by atoms with van der Waals surface area (Å²) < 4.78 is 4.93. The number of hydrogen-bond donors (Lipinski definition) is 2. The Kier molecular flexibility index (Phi) is 5.39. The van der Waals surface area contributed by atoms with Crippen molar-refractivity contribution in [2.75, 3.05) is 20.3 Å². The molecule has 1 heterocycles. The molecule has 132 valence electrons. The zero-order chi connectivity index (χ0) is 18.6. The topological polar surface area (TPSA) is 112 Å². The molecule has 1 aromatic rings. The number of nitrogens with zero attached hydrogens (tertiary/aromatic N) is 2. The zero-order valence-corrected chi connectivity index (χ0v) is 14.3. The quantitative estimate of drug-likeness (QED) is 0.729. The molecule has 8 nitrogen and oxygen atoms in total. The van der Waals surface area contributed by atoms with Gasteiger partial charge in [-0.15, -0.1) is 0 Å². The average Bonchev–Trinajstić information content (AvgIpc) is 2.79. The summed E-state index contributed by atoms with van der Waals surface area (Å²) in [4.78, 5) is 37.8. The molecule has 0 aliphatic carbocycles. The molecular weight excluding hydrogens is 324 g/mol. The number of urea groups is 1. The summed E-state index contributed by atoms with van der Waals surface area (Å²) in [6.45, 7) is 3.25. The van der Waals surface area contributed by atoms with Crippen LogP contribution in [0.15, 0.2) is 24.3 Å². The molecule has 8 heteroatoms. The van der Waals surface area contributed by atoms with Gasteiger partial charge in [0.25, 0.3) is 5.91 Å². The largest absolute Gasteiger partial charge is 0.383 e. The monoisotopic (exact) mass is 344 g/mol. The van der Waals surface area contributed by atoms with Gasteiger partial charge in [0.05, 0.1) is 18.2 Å². The van der Waals surface area contributed by atoms with Gasteiger partial charge in [0.1, 0.15) is 12.1 Å². The SMILES string of the molecule is COC[C@@H](C)NC(=O)CN1C(=O)N[C@](C)(c2cccc(C#N)c2)C1=O. The van der Waals surface area contributed by atoms with Gasteiger partial charge in [-0.2, -0.15) is 5.26 Å². The van der Waals surface area contributed by atoms with Gasteiger partial charge in [-0.1, -0.05) is 12.1 Å². The maximum Gasteiger partial charge on any atom is 0.325 e. The molecule has 1 aliphatic heterocycles. The van der Waals surface area contributed by atoms with E-state index in [0.717, 1.165) is 4.90 Å². The van der Waals surface area contributed by atoms with Crippen LogP contribution in [0.5, 0.6) is 0 Å². The van der Waals surface area contributed by atoms with Crippen molar-refractivity contribution in [1.82, 2.24) is 15.5 Å². The fourth-order valence-corrected chi connectivity index (χ4v) is 2.69. The third-order valence-electron chi connectivity index (χ3n) is 3.97. The van der Waals surface area contributed by atoms with Crippen molar-refractivity contribution in [3.63, 3.8) is 0 Å². The average molecular weight is 344 g/mol. The van der Waals surface area contributed by atoms with E-state index in [-0.39, 0.29) is 12.6 Å². The minimum Gasteiger partial charge on any atom is -0.383 e. The third kappa shape index (κ3) is 3.78. The van der Waals surface area contributed by atoms with Crippen LogP contribution >= 0.6 is 0 Å². The number of imide groups is 1. The number of amides is 4. The van der Waals surface area contributed by atoms with Gasteiger partial charge in [-0.3, -0.25) is 14.5 Å². The summed E-state index contributed by atoms with van der Waals surface area (Å²) in [5.74, 6) is -0.995. The first-order chi connectivity index (χ1) is 11.8. The van der Waals surface area contributed by atoms with Crippen molar-refractivity contribution in [3.05, 3.63) is 35.4 Å². The summed E-state index contributed by atoms with van der Waals surface area (Å²) >= 11 is 0. The minimum atomic E-state index is -1.32. The first-order valence-electron chi connectivity index (χ1n) is 7.75. The lowest BCUT2D eigenvalue weighted by Crippen LogP contribution is -2.45. The molecule has 0 saturated carbocycles. The van der Waals surface area contributed by atoms with Crippen molar-refractivity contribution in [2.24, 2.45) is 0 Å². The summed E-state index contributed by atoms with van der Waals surface area (Å²) in [6.07, 6.45) is 0. The van der Waals surface area contributed by atoms with Crippen molar-refractivity contribution in [3.8, 4) is 6.07 Å². The van der Waals surface area contributed by atoms with Crippen LogP contribution in [0.3, 0.4) is 0 Å². The van der Waals surface area contributed by atoms with Gasteiger partial charge in [-0.05, 0) is 31.5 Å². The molecule has 2 rings (SSSR count). The van der Waals surface area contributed by atoms with E-state index in [9.17, 15) is 14.4 Å². The summed E-state index contributed by atoms with van der Waals surface area (Å²) in [5, 5.41) is 14.3. The number of carbonyl (C=O) groups excluding carboxylic acids is 3. The van der Waals surface area contributed by atoms with Crippen molar-refractivity contribution in [2.45, 2.75) is 25.4 Å². The van der Waals surface area contributed by atoms with E-state index in [1.54, 1.807) is 38.1 Å². The molecule has 1 aromatic carbocycles. The molecule has 2 N–H and O–H groups in total. The van der Waals surface area contributed by atoms with Crippen LogP contribution in [-0.4, -0.2) is 49.0 Å². The molecule has 4 amide bonds. The molecule has 1 aliphatic rings. The van der Waals surface area contributed by atoms with E-state index in [1.807, 2.05) is 6.07 Å². The Morgan fingerprint density at radius 1 is 1.48 bits per heavy atom. The highest BCUT2D eigenvalue weighted by molar-refractivity contribution is 6.09. The van der Waals surface area contributed by atoms with Gasteiger partial charge in [0.15, 0.2) is 0 Å². The highest BCUT2D eigenvalue weighted by atomic mass is 16.5. The number of benzene rings is 1. The maximum absolute atomic E-state index is 12.7. The fraction of sp³-hybridized carbons (Fsp3) is 0.412. The van der Waals surface area contributed by atoms with Gasteiger partial charge in [-0.25, -0.2) is 4.79 Å². The van der Waals surface area contributed by atoms with Gasteiger partial charge < -0.3 is 15.4 Å². The Labute approximate surface area is 145 Å². The molecule has 1 fully saturated rings. The Hall–Kier alpha value is -2.92. The van der Waals surface area contributed by atoms with Crippen LogP contribution in [0.1, 0.15) is 25.0 Å². The standard InChI is InChI=1S/C17H20N4O4/c1-11(10-25-3)19-14(22)9-21-15(23)17(2,20-16(21)24)13-6-4-5-12(7-13)8-18/h4-7,11H,9-10H2,1-3H3,(H,19,22)(H,20,24)/t11-,17-/m1/s1. The van der Waals surface area contributed by atoms with Crippen molar-refractivity contribution in [1.29, 1.82) is 5.26 Å². The third-order valence-corrected chi connectivity index (χ3v) is 3.97. The second-order valence-electron chi connectivity index (χ2n) is 6.06. The Morgan fingerprint density at radius 3 is 2.84 bits per heavy atom. The summed E-state index contributed by atoms with van der Waals surface area (Å²) in [6, 6.07) is 7.56. The lowest BCUT2D eigenvalue weighted by atomic mass is 9.91. The van der Waals surface area contributed by atoms with Crippen LogP contribution < -0.4 is 10.6 Å². The molecule has 0 radical (unpaired) electrons. The molecule has 0 unspecified atom stereocenters. The van der Waals surface area contributed by atoms with Crippen molar-refractivity contribution >= 4 is 17.8 Å². The molecule has 1 saturated heterocycles. The predicted octanol–water partition coefficient (Wildman–Crippen LogP) is 0.476. The number of methoxy groups -OCH3 is 1. The summed E-state index contributed by atoms with van der Waals surface area (Å²) in [7, 11) is 1.51. The first kappa shape index (κ1) is 18.4. The van der Waals surface area contributed by atoms with Gasteiger partial charge in [0.2, 0.25) is 5.91 Å². The lowest BCUT2D eigenvalue weighted by molar-refractivity contribution is -0.135. The zero-order valence-electron chi connectivity index (χ0n) is 14.3. The Morgan fingerprint density at radius 2 is 2.20 bits per heavy atom. The molecule has 0 spiro atoms. The van der Waals surface area contributed by atoms with E-state index in [0.29, 0.717) is 17.7 Å². The Bertz CT molecular complexity index is 742. The first-order valence-corrected chi connectivity index (χ1v) is 7.75. The maximum atomic E-state index is 12.7. The van der Waals surface area contributed by atoms with Crippen LogP contribution in [0.4, 0.5) is 4.79 Å². The number of carbonyl (C=O) groups is 3.